The number of aromatic carboxylic acids is 1. The Morgan fingerprint density at radius 2 is 1.09 bits per heavy atom. The summed E-state index contributed by atoms with van der Waals surface area (Å²) in [5.41, 5.74) is 20.0. The quantitative estimate of drug-likeness (QED) is 0.0982. The molecule has 2 aliphatic rings. The first kappa shape index (κ1) is 59.2. The first-order valence-corrected chi connectivity index (χ1v) is 26.0. The lowest BCUT2D eigenvalue weighted by Crippen LogP contribution is -2.36. The van der Waals surface area contributed by atoms with Crippen LogP contribution in [0.15, 0.2) is 97.1 Å². The van der Waals surface area contributed by atoms with Gasteiger partial charge in [0, 0.05) is 50.1 Å². The van der Waals surface area contributed by atoms with Gasteiger partial charge in [0.25, 0.3) is 5.91 Å². The summed E-state index contributed by atoms with van der Waals surface area (Å²) in [6, 6.07) is 32.2. The Labute approximate surface area is 458 Å². The van der Waals surface area contributed by atoms with E-state index in [4.69, 9.17) is 9.84 Å². The number of aliphatic carboxylic acids is 1. The van der Waals surface area contributed by atoms with Crippen molar-refractivity contribution in [3.05, 3.63) is 186 Å². The highest BCUT2D eigenvalue weighted by Gasteiger charge is 2.28. The molecule has 3 N–H and O–H groups in total. The number of methoxy groups -OCH3 is 1. The average Bonchev–Trinajstić information content (AvgIpc) is 4.09. The van der Waals surface area contributed by atoms with Gasteiger partial charge in [-0.05, 0) is 167 Å². The summed E-state index contributed by atoms with van der Waals surface area (Å²) in [7, 11) is 1.44. The molecule has 0 spiro atoms. The van der Waals surface area contributed by atoms with Gasteiger partial charge in [-0.25, -0.2) is 14.2 Å². The maximum absolute atomic E-state index is 13.3. The molecule has 6 aromatic carbocycles. The molecule has 0 radical (unpaired) electrons. The molecule has 410 valence electrons. The molecule has 2 atom stereocenters. The molecule has 15 heteroatoms. The van der Waals surface area contributed by atoms with Crippen LogP contribution in [0.3, 0.4) is 0 Å². The van der Waals surface area contributed by atoms with E-state index in [9.17, 15) is 24.3 Å². The number of amides is 1. The summed E-state index contributed by atoms with van der Waals surface area (Å²) in [4.78, 5) is 49.9. The van der Waals surface area contributed by atoms with Crippen LogP contribution in [0, 0.1) is 41.5 Å². The second kappa shape index (κ2) is 25.9. The number of rotatable bonds is 12. The molecule has 8 aromatic rings. The van der Waals surface area contributed by atoms with Crippen LogP contribution >= 0.6 is 0 Å². The smallest absolute Gasteiger partial charge is 0.335 e. The summed E-state index contributed by atoms with van der Waals surface area (Å²) >= 11 is 0. The maximum Gasteiger partial charge on any atom is 0.335 e. The third kappa shape index (κ3) is 13.2. The summed E-state index contributed by atoms with van der Waals surface area (Å²) in [6.45, 7) is 20.5. The third-order valence-electron chi connectivity index (χ3n) is 14.7. The number of ether oxygens (including phenoxy) is 1. The van der Waals surface area contributed by atoms with Crippen molar-refractivity contribution in [2.75, 3.05) is 20.2 Å². The number of hydrogen-bond donors (Lipinski definition) is 3. The van der Waals surface area contributed by atoms with E-state index in [1.165, 1.54) is 23.8 Å². The highest BCUT2D eigenvalue weighted by atomic mass is 16.5. The van der Waals surface area contributed by atoms with Gasteiger partial charge in [-0.2, -0.15) is 0 Å². The Bertz CT molecular complexity index is 3450. The fraction of sp³-hybridized carbons (Fsp3) is 0.365. The predicted molar refractivity (Wildman–Crippen MR) is 307 cm³/mol. The Morgan fingerprint density at radius 3 is 1.58 bits per heavy atom. The van der Waals surface area contributed by atoms with Crippen molar-refractivity contribution < 1.29 is 34.1 Å². The van der Waals surface area contributed by atoms with E-state index in [1.807, 2.05) is 92.2 Å². The number of aryl methyl sites for hydroxylation is 8. The molecular formula is C63H76N8O7. The van der Waals surface area contributed by atoms with Gasteiger partial charge in [-0.3, -0.25) is 14.4 Å². The highest BCUT2D eigenvalue weighted by Crippen LogP contribution is 2.37. The number of carboxylic acid groups (broad SMARTS) is 2. The van der Waals surface area contributed by atoms with Gasteiger partial charge in [0.15, 0.2) is 0 Å². The van der Waals surface area contributed by atoms with Crippen molar-refractivity contribution in [3.8, 4) is 0 Å². The molecule has 0 aliphatic carbocycles. The van der Waals surface area contributed by atoms with Crippen molar-refractivity contribution in [2.45, 2.75) is 134 Å². The lowest BCUT2D eigenvalue weighted by molar-refractivity contribution is -0.141. The van der Waals surface area contributed by atoms with Crippen LogP contribution in [0.25, 0.3) is 22.1 Å². The molecule has 2 unspecified atom stereocenters. The minimum absolute atomic E-state index is 0. The molecule has 1 amide bonds. The Balaban J connectivity index is 0.000000212. The van der Waals surface area contributed by atoms with E-state index in [2.05, 4.69) is 88.3 Å². The van der Waals surface area contributed by atoms with E-state index < -0.39 is 11.9 Å². The normalized spacial score (nSPS) is 13.3. The molecule has 10 rings (SSSR count). The number of carboxylic acids is 2. The van der Waals surface area contributed by atoms with Crippen LogP contribution in [-0.2, 0) is 53.3 Å². The maximum atomic E-state index is 13.3. The number of carbonyl (C=O) groups excluding carboxylic acids is 2. The lowest BCUT2D eigenvalue weighted by atomic mass is 9.83. The van der Waals surface area contributed by atoms with E-state index in [0.29, 0.717) is 30.6 Å². The topological polar surface area (TPSA) is 195 Å². The van der Waals surface area contributed by atoms with Gasteiger partial charge in [0.1, 0.15) is 11.0 Å². The summed E-state index contributed by atoms with van der Waals surface area (Å²) in [6.07, 6.45) is 2.10. The van der Waals surface area contributed by atoms with Crippen molar-refractivity contribution in [1.29, 1.82) is 0 Å². The first-order chi connectivity index (χ1) is 36.5. The zero-order valence-corrected chi connectivity index (χ0v) is 45.0. The van der Waals surface area contributed by atoms with Gasteiger partial charge in [-0.15, -0.1) is 10.2 Å². The zero-order valence-electron chi connectivity index (χ0n) is 45.0. The van der Waals surface area contributed by atoms with Crippen molar-refractivity contribution in [2.24, 2.45) is 0 Å². The van der Waals surface area contributed by atoms with Crippen LogP contribution in [0.1, 0.15) is 152 Å². The predicted octanol–water partition coefficient (Wildman–Crippen LogP) is 11.6. The molecule has 15 nitrogen and oxygen atoms in total. The fourth-order valence-corrected chi connectivity index (χ4v) is 10.9. The number of hydrogen-bond acceptors (Lipinski definition) is 10. The van der Waals surface area contributed by atoms with Crippen LogP contribution in [0.5, 0.6) is 0 Å². The van der Waals surface area contributed by atoms with Crippen LogP contribution < -0.4 is 5.32 Å². The average molecular weight is 1060 g/mol. The molecule has 4 heterocycles. The monoisotopic (exact) mass is 1060 g/mol. The number of fused-ring (bicyclic) bond motifs is 4. The third-order valence-corrected chi connectivity index (χ3v) is 14.7. The van der Waals surface area contributed by atoms with Gasteiger partial charge < -0.3 is 25.2 Å². The Morgan fingerprint density at radius 1 is 0.603 bits per heavy atom. The molecule has 0 saturated heterocycles. The van der Waals surface area contributed by atoms with E-state index >= 15 is 0 Å². The van der Waals surface area contributed by atoms with Crippen molar-refractivity contribution in [3.63, 3.8) is 0 Å². The Kier molecular flexibility index (Phi) is 19.6. The number of nitrogens with zero attached hydrogens (tertiary/aromatic N) is 7. The molecule has 78 heavy (non-hydrogen) atoms. The number of carbonyl (C=O) groups is 4. The molecule has 0 bridgehead atoms. The standard InChI is InChI=1S/C30H32N4O3.C22H26N4O2.C9H10O2.2CH4/c1-5-34-27-9-8-25(20(4)29(27)31-32-34)26(16-28(35)36)22-7-6-21-10-11-33(17-24(21)15-22)30(37)23-13-18(2)12-19(3)14-23;1-4-26-20-8-7-18(14(2)22(20)24-25-26)19(12-21(27)28-3)16-6-5-15-9-10-23-13-17(15)11-16;1-6-3-7(2)5-8(4-6)9(10)11;;/h6-9,12-15,26H,5,10-11,16-17H2,1-4H3,(H,35,36);5-8,11,19,23H,4,9-10,12-13H2,1-3H3;3-5H,1-2H3,(H,10,11);2*1H4. The fourth-order valence-electron chi connectivity index (χ4n) is 10.9. The zero-order chi connectivity index (χ0) is 54.4. The van der Waals surface area contributed by atoms with Crippen LogP contribution in [0.4, 0.5) is 0 Å². The SMILES string of the molecule is C.C.CCn1nnc2c(C)c(C(CC(=O)O)c3ccc4c(c3)CN(C(=O)c3cc(C)cc(C)c3)CC4)ccc21.CCn1nnc2c(C)c(C(CC(=O)OC)c3ccc4c(c3)CNCC4)ccc21.Cc1cc(C)cc(C(=O)O)c1. The molecule has 2 aliphatic heterocycles. The lowest BCUT2D eigenvalue weighted by Gasteiger charge is -2.30. The van der Waals surface area contributed by atoms with Crippen LogP contribution in [0.2, 0.25) is 0 Å². The minimum atomic E-state index is -0.864. The minimum Gasteiger partial charge on any atom is -0.481 e. The molecular weight excluding hydrogens is 981 g/mol. The van der Waals surface area contributed by atoms with Gasteiger partial charge in [0.2, 0.25) is 0 Å². The number of aromatic nitrogens is 6. The molecule has 0 fully saturated rings. The number of esters is 1. The number of nitrogens with one attached hydrogen (secondary N) is 1. The summed E-state index contributed by atoms with van der Waals surface area (Å²) in [5, 5.41) is 39.1. The van der Waals surface area contributed by atoms with Gasteiger partial charge in [0.05, 0.1) is 36.5 Å². The highest BCUT2D eigenvalue weighted by molar-refractivity contribution is 5.95. The van der Waals surface area contributed by atoms with E-state index in [0.717, 1.165) is 122 Å². The Hall–Kier alpha value is -8.04. The second-order valence-electron chi connectivity index (χ2n) is 20.1. The summed E-state index contributed by atoms with van der Waals surface area (Å²) < 4.78 is 8.74. The van der Waals surface area contributed by atoms with Gasteiger partial charge in [-0.1, -0.05) is 108 Å². The largest absolute Gasteiger partial charge is 0.481 e. The van der Waals surface area contributed by atoms with Crippen molar-refractivity contribution in [1.82, 2.24) is 40.2 Å². The number of benzene rings is 6. The van der Waals surface area contributed by atoms with Crippen molar-refractivity contribution >= 4 is 45.9 Å². The summed E-state index contributed by atoms with van der Waals surface area (Å²) in [5.74, 6) is -2.30. The molecule has 2 aromatic heterocycles. The van der Waals surface area contributed by atoms with E-state index in [1.54, 1.807) is 12.1 Å². The van der Waals surface area contributed by atoms with Gasteiger partial charge >= 0.3 is 17.9 Å². The molecule has 0 saturated carbocycles. The first-order valence-electron chi connectivity index (χ1n) is 26.0. The van der Waals surface area contributed by atoms with E-state index in [-0.39, 0.29) is 45.0 Å². The van der Waals surface area contributed by atoms with Crippen LogP contribution in [-0.4, -0.2) is 89.1 Å². The second-order valence-corrected chi connectivity index (χ2v) is 20.1.